The topological polar surface area (TPSA) is 87.2 Å². The first-order valence-electron chi connectivity index (χ1n) is 5.75. The zero-order valence-electron chi connectivity index (χ0n) is 10.5. The molecule has 1 aromatic carbocycles. The summed E-state index contributed by atoms with van der Waals surface area (Å²) in [5, 5.41) is 23.9. The number of hydrogen-bond donors (Lipinski definition) is 0. The van der Waals surface area contributed by atoms with E-state index in [-0.39, 0.29) is 0 Å². The monoisotopic (exact) mass is 266 g/mol. The zero-order chi connectivity index (χ0) is 13.9. The van der Waals surface area contributed by atoms with Crippen LogP contribution in [0.4, 0.5) is 0 Å². The summed E-state index contributed by atoms with van der Waals surface area (Å²) in [6.45, 7) is 7.15. The molecule has 3 rings (SSSR count). The second kappa shape index (κ2) is 4.84. The summed E-state index contributed by atoms with van der Waals surface area (Å²) in [6.07, 6.45) is 2.94. The normalized spacial score (nSPS) is 10.4. The van der Waals surface area contributed by atoms with Crippen LogP contribution in [-0.4, -0.2) is 40.4 Å². The molecule has 0 aliphatic heterocycles. The fourth-order valence-electron chi connectivity index (χ4n) is 1.63. The van der Waals surface area contributed by atoms with Crippen molar-refractivity contribution in [2.75, 3.05) is 0 Å². The molecule has 2 aromatic heterocycles. The van der Waals surface area contributed by atoms with E-state index in [1.807, 2.05) is 24.3 Å². The SMILES string of the molecule is C=Cn1nnc(-c2cccc(-c3nnn(C=C)n3)c2)n1. The van der Waals surface area contributed by atoms with E-state index in [0.717, 1.165) is 11.1 Å². The van der Waals surface area contributed by atoms with Crippen LogP contribution in [0.1, 0.15) is 0 Å². The van der Waals surface area contributed by atoms with Gasteiger partial charge in [-0.25, -0.2) is 0 Å². The van der Waals surface area contributed by atoms with Gasteiger partial charge >= 0.3 is 0 Å². The van der Waals surface area contributed by atoms with Crippen molar-refractivity contribution >= 4 is 12.4 Å². The Balaban J connectivity index is 2.00. The average molecular weight is 266 g/mol. The van der Waals surface area contributed by atoms with E-state index >= 15 is 0 Å². The molecule has 20 heavy (non-hydrogen) atoms. The van der Waals surface area contributed by atoms with Gasteiger partial charge in [-0.15, -0.1) is 30.0 Å². The maximum absolute atomic E-state index is 4.15. The molecule has 8 heteroatoms. The Hall–Kier alpha value is -3.16. The molecule has 0 amide bonds. The second-order valence-electron chi connectivity index (χ2n) is 3.81. The predicted molar refractivity (Wildman–Crippen MR) is 72.8 cm³/mol. The molecule has 0 unspecified atom stereocenters. The molecule has 0 saturated carbocycles. The minimum absolute atomic E-state index is 0.503. The molecule has 0 radical (unpaired) electrons. The third kappa shape index (κ3) is 2.09. The molecule has 98 valence electrons. The summed E-state index contributed by atoms with van der Waals surface area (Å²) in [4.78, 5) is 2.60. The Morgan fingerprint density at radius 3 is 1.75 bits per heavy atom. The van der Waals surface area contributed by atoms with Gasteiger partial charge in [0.1, 0.15) is 0 Å². The highest BCUT2D eigenvalue weighted by Crippen LogP contribution is 2.21. The van der Waals surface area contributed by atoms with Crippen LogP contribution in [0.25, 0.3) is 35.2 Å². The van der Waals surface area contributed by atoms with Crippen molar-refractivity contribution in [2.24, 2.45) is 0 Å². The highest BCUT2D eigenvalue weighted by molar-refractivity contribution is 5.65. The Bertz CT molecular complexity index is 708. The molecule has 2 heterocycles. The van der Waals surface area contributed by atoms with Gasteiger partial charge in [-0.2, -0.15) is 0 Å². The van der Waals surface area contributed by atoms with Crippen LogP contribution in [0.3, 0.4) is 0 Å². The lowest BCUT2D eigenvalue weighted by Gasteiger charge is -1.97. The van der Waals surface area contributed by atoms with Gasteiger partial charge < -0.3 is 0 Å². The third-order valence-electron chi connectivity index (χ3n) is 2.56. The first-order valence-corrected chi connectivity index (χ1v) is 5.75. The van der Waals surface area contributed by atoms with Gasteiger partial charge in [-0.1, -0.05) is 31.4 Å². The predicted octanol–water partition coefficient (Wildman–Crippen LogP) is 1.19. The summed E-state index contributed by atoms with van der Waals surface area (Å²) in [7, 11) is 0. The summed E-state index contributed by atoms with van der Waals surface area (Å²) in [5.74, 6) is 1.01. The van der Waals surface area contributed by atoms with E-state index in [0.29, 0.717) is 11.6 Å². The Kier molecular flexibility index (Phi) is 2.88. The molecular formula is C12H10N8. The molecule has 0 spiro atoms. The minimum Gasteiger partial charge on any atom is -0.139 e. The zero-order valence-corrected chi connectivity index (χ0v) is 10.5. The highest BCUT2D eigenvalue weighted by atomic mass is 15.6. The quantitative estimate of drug-likeness (QED) is 0.705. The maximum atomic E-state index is 4.15. The molecule has 3 aromatic rings. The third-order valence-corrected chi connectivity index (χ3v) is 2.56. The van der Waals surface area contributed by atoms with Crippen molar-refractivity contribution in [3.8, 4) is 22.8 Å². The van der Waals surface area contributed by atoms with Crippen LogP contribution < -0.4 is 0 Å². The average Bonchev–Trinajstić information content (AvgIpc) is 3.16. The lowest BCUT2D eigenvalue weighted by Crippen LogP contribution is -1.90. The highest BCUT2D eigenvalue weighted by Gasteiger charge is 2.09. The first kappa shape index (κ1) is 11.9. The smallest absolute Gasteiger partial charge is 0.139 e. The summed E-state index contributed by atoms with van der Waals surface area (Å²) in [6, 6.07) is 7.50. The molecule has 0 atom stereocenters. The summed E-state index contributed by atoms with van der Waals surface area (Å²) in [5.41, 5.74) is 1.62. The van der Waals surface area contributed by atoms with Crippen molar-refractivity contribution in [1.29, 1.82) is 0 Å². The van der Waals surface area contributed by atoms with Crippen molar-refractivity contribution in [2.45, 2.75) is 0 Å². The van der Waals surface area contributed by atoms with Crippen molar-refractivity contribution in [3.05, 3.63) is 37.4 Å². The largest absolute Gasteiger partial charge is 0.205 e. The molecule has 0 saturated heterocycles. The molecule has 0 N–H and O–H groups in total. The van der Waals surface area contributed by atoms with Gasteiger partial charge in [0.05, 0.1) is 0 Å². The molecule has 0 aliphatic rings. The fraction of sp³-hybridized carbons (Fsp3) is 0. The van der Waals surface area contributed by atoms with Crippen LogP contribution in [-0.2, 0) is 0 Å². The first-order chi connectivity index (χ1) is 9.80. The molecular weight excluding hydrogens is 256 g/mol. The molecule has 0 aliphatic carbocycles. The van der Waals surface area contributed by atoms with Crippen LogP contribution in [0.15, 0.2) is 37.4 Å². The lowest BCUT2D eigenvalue weighted by atomic mass is 10.1. The lowest BCUT2D eigenvalue weighted by molar-refractivity contribution is 0.760. The molecule has 8 nitrogen and oxygen atoms in total. The van der Waals surface area contributed by atoms with Gasteiger partial charge in [-0.3, -0.25) is 0 Å². The van der Waals surface area contributed by atoms with E-state index in [1.54, 1.807) is 0 Å². The number of nitrogens with zero attached hydrogens (tertiary/aromatic N) is 8. The van der Waals surface area contributed by atoms with Gasteiger partial charge in [0.15, 0.2) is 0 Å². The van der Waals surface area contributed by atoms with E-state index in [9.17, 15) is 0 Å². The summed E-state index contributed by atoms with van der Waals surface area (Å²) < 4.78 is 0. The minimum atomic E-state index is 0.503. The van der Waals surface area contributed by atoms with Crippen LogP contribution >= 0.6 is 0 Å². The fourth-order valence-corrected chi connectivity index (χ4v) is 1.63. The van der Waals surface area contributed by atoms with Gasteiger partial charge in [-0.05, 0) is 16.5 Å². The maximum Gasteiger partial charge on any atom is 0.205 e. The van der Waals surface area contributed by atoms with Gasteiger partial charge in [0, 0.05) is 23.5 Å². The molecule has 0 bridgehead atoms. The number of benzene rings is 1. The summed E-state index contributed by atoms with van der Waals surface area (Å²) >= 11 is 0. The molecule has 0 fully saturated rings. The van der Waals surface area contributed by atoms with Crippen LogP contribution in [0.5, 0.6) is 0 Å². The van der Waals surface area contributed by atoms with Gasteiger partial charge in [0.25, 0.3) is 0 Å². The van der Waals surface area contributed by atoms with Crippen LogP contribution in [0, 0.1) is 0 Å². The number of tetrazole rings is 2. The standard InChI is InChI=1S/C12H10N8/c1-3-19-15-11(13-17-19)9-6-5-7-10(8-9)12-14-18-20(4-2)16-12/h3-8H,1-2H2. The Labute approximate surface area is 114 Å². The number of hydrogen-bond acceptors (Lipinski definition) is 6. The Morgan fingerprint density at radius 1 is 0.850 bits per heavy atom. The Morgan fingerprint density at radius 2 is 1.35 bits per heavy atom. The number of aromatic nitrogens is 8. The second-order valence-corrected chi connectivity index (χ2v) is 3.81. The van der Waals surface area contributed by atoms with E-state index in [2.05, 4.69) is 44.0 Å². The van der Waals surface area contributed by atoms with E-state index < -0.39 is 0 Å². The van der Waals surface area contributed by atoms with Crippen molar-refractivity contribution < 1.29 is 0 Å². The number of rotatable bonds is 4. The van der Waals surface area contributed by atoms with Crippen molar-refractivity contribution in [3.63, 3.8) is 0 Å². The van der Waals surface area contributed by atoms with Crippen molar-refractivity contribution in [1.82, 2.24) is 40.4 Å². The van der Waals surface area contributed by atoms with Crippen LogP contribution in [0.2, 0.25) is 0 Å². The van der Waals surface area contributed by atoms with Gasteiger partial charge in [0.2, 0.25) is 11.6 Å². The van der Waals surface area contributed by atoms with E-state index in [4.69, 9.17) is 0 Å². The van der Waals surface area contributed by atoms with E-state index in [1.165, 1.54) is 22.0 Å².